The molecule has 0 unspecified atom stereocenters. The summed E-state index contributed by atoms with van der Waals surface area (Å²) in [6.07, 6.45) is -1.67. The van der Waals surface area contributed by atoms with E-state index in [1.807, 2.05) is 0 Å². The molecule has 2 aromatic rings. The van der Waals surface area contributed by atoms with Crippen LogP contribution in [0, 0.1) is 5.41 Å². The number of aromatic nitrogens is 1. The van der Waals surface area contributed by atoms with E-state index in [1.54, 1.807) is 20.8 Å². The maximum atomic E-state index is 12.7. The van der Waals surface area contributed by atoms with E-state index in [1.165, 1.54) is 36.2 Å². The fraction of sp³-hybridized carbons (Fsp3) is 0.333. The van der Waals surface area contributed by atoms with E-state index in [2.05, 4.69) is 0 Å². The summed E-state index contributed by atoms with van der Waals surface area (Å²) in [6.45, 7) is 5.18. The molecule has 134 valence electrons. The van der Waals surface area contributed by atoms with Crippen LogP contribution in [0.2, 0.25) is 0 Å². The monoisotopic (exact) mass is 353 g/mol. The molecule has 2 rings (SSSR count). The standard InChI is InChI=1S/C18H18F3NO3/c1-17(2,3)16(24)22-9-13(14(10-22)15(23)25-4)11-5-7-12(8-6-11)18(19,20)21/h5-10H,1-4H3. The molecule has 0 N–H and O–H groups in total. The van der Waals surface area contributed by atoms with Gasteiger partial charge in [0.1, 0.15) is 0 Å². The fourth-order valence-corrected chi connectivity index (χ4v) is 2.30. The summed E-state index contributed by atoms with van der Waals surface area (Å²) in [4.78, 5) is 24.4. The molecule has 0 aliphatic carbocycles. The Hall–Kier alpha value is -2.57. The molecule has 0 spiro atoms. The van der Waals surface area contributed by atoms with Crippen molar-refractivity contribution in [2.75, 3.05) is 7.11 Å². The van der Waals surface area contributed by atoms with Gasteiger partial charge in [0.2, 0.25) is 5.91 Å². The van der Waals surface area contributed by atoms with Gasteiger partial charge in [-0.15, -0.1) is 0 Å². The van der Waals surface area contributed by atoms with Crippen LogP contribution in [0.15, 0.2) is 36.7 Å². The summed E-state index contributed by atoms with van der Waals surface area (Å²) < 4.78 is 44.1. The number of methoxy groups -OCH3 is 1. The number of nitrogens with zero attached hydrogens (tertiary/aromatic N) is 1. The van der Waals surface area contributed by atoms with Crippen LogP contribution in [0.4, 0.5) is 13.2 Å². The third kappa shape index (κ3) is 3.92. The number of hydrogen-bond donors (Lipinski definition) is 0. The number of carbonyl (C=O) groups excluding carboxylic acids is 2. The van der Waals surface area contributed by atoms with Crippen molar-refractivity contribution in [2.45, 2.75) is 26.9 Å². The summed E-state index contributed by atoms with van der Waals surface area (Å²) in [6, 6.07) is 4.38. The number of esters is 1. The van der Waals surface area contributed by atoms with Crippen LogP contribution in [0.25, 0.3) is 11.1 Å². The van der Waals surface area contributed by atoms with Crippen molar-refractivity contribution >= 4 is 11.9 Å². The molecule has 0 aliphatic heterocycles. The van der Waals surface area contributed by atoms with Gasteiger partial charge in [-0.05, 0) is 17.7 Å². The van der Waals surface area contributed by atoms with Gasteiger partial charge in [-0.3, -0.25) is 9.36 Å². The van der Waals surface area contributed by atoms with Crippen LogP contribution in [0.1, 0.15) is 41.5 Å². The average Bonchev–Trinajstić information content (AvgIpc) is 2.96. The lowest BCUT2D eigenvalue weighted by molar-refractivity contribution is -0.137. The largest absolute Gasteiger partial charge is 0.465 e. The maximum absolute atomic E-state index is 12.7. The fourth-order valence-electron chi connectivity index (χ4n) is 2.30. The minimum absolute atomic E-state index is 0.111. The molecule has 25 heavy (non-hydrogen) atoms. The first-order valence-corrected chi connectivity index (χ1v) is 7.48. The maximum Gasteiger partial charge on any atom is 0.416 e. The highest BCUT2D eigenvalue weighted by molar-refractivity contribution is 5.99. The van der Waals surface area contributed by atoms with Crippen molar-refractivity contribution in [3.8, 4) is 11.1 Å². The predicted molar refractivity (Wildman–Crippen MR) is 86.3 cm³/mol. The molecule has 0 fully saturated rings. The quantitative estimate of drug-likeness (QED) is 0.739. The third-order valence-electron chi connectivity index (χ3n) is 3.63. The topological polar surface area (TPSA) is 48.3 Å². The van der Waals surface area contributed by atoms with Crippen LogP contribution < -0.4 is 0 Å². The van der Waals surface area contributed by atoms with Gasteiger partial charge in [-0.2, -0.15) is 13.2 Å². The number of carbonyl (C=O) groups is 2. The molecule has 1 heterocycles. The Morgan fingerprint density at radius 2 is 1.56 bits per heavy atom. The van der Waals surface area contributed by atoms with Crippen molar-refractivity contribution in [3.63, 3.8) is 0 Å². The first kappa shape index (κ1) is 18.8. The normalized spacial score (nSPS) is 12.1. The van der Waals surface area contributed by atoms with Crippen LogP contribution in [-0.4, -0.2) is 23.6 Å². The summed E-state index contributed by atoms with van der Waals surface area (Å²) in [7, 11) is 1.20. The third-order valence-corrected chi connectivity index (χ3v) is 3.63. The predicted octanol–water partition coefficient (Wildman–Crippen LogP) is 4.65. The number of halogens is 3. The van der Waals surface area contributed by atoms with Crippen LogP contribution in [0.5, 0.6) is 0 Å². The smallest absolute Gasteiger partial charge is 0.416 e. The molecule has 0 saturated heterocycles. The van der Waals surface area contributed by atoms with Crippen LogP contribution in [0.3, 0.4) is 0 Å². The summed E-state index contributed by atoms with van der Waals surface area (Å²) in [5.41, 5.74) is -0.656. The van der Waals surface area contributed by atoms with Gasteiger partial charge < -0.3 is 4.74 Å². The van der Waals surface area contributed by atoms with Crippen molar-refractivity contribution in [2.24, 2.45) is 5.41 Å². The second kappa shape index (κ2) is 6.38. The zero-order chi connectivity index (χ0) is 19.0. The minimum Gasteiger partial charge on any atom is -0.465 e. The van der Waals surface area contributed by atoms with E-state index in [0.717, 1.165) is 12.1 Å². The lowest BCUT2D eigenvalue weighted by Gasteiger charge is -2.16. The Bertz CT molecular complexity index is 796. The van der Waals surface area contributed by atoms with E-state index < -0.39 is 23.1 Å². The van der Waals surface area contributed by atoms with Gasteiger partial charge in [0.05, 0.1) is 18.2 Å². The van der Waals surface area contributed by atoms with E-state index in [4.69, 9.17) is 4.74 Å². The zero-order valence-electron chi connectivity index (χ0n) is 14.3. The molecule has 0 amide bonds. The highest BCUT2D eigenvalue weighted by atomic mass is 19.4. The highest BCUT2D eigenvalue weighted by Gasteiger charge is 2.30. The molecular weight excluding hydrogens is 335 g/mol. The molecule has 0 saturated carbocycles. The lowest BCUT2D eigenvalue weighted by atomic mass is 9.96. The average molecular weight is 353 g/mol. The Morgan fingerprint density at radius 1 is 1.00 bits per heavy atom. The van der Waals surface area contributed by atoms with Crippen LogP contribution >= 0.6 is 0 Å². The van der Waals surface area contributed by atoms with E-state index >= 15 is 0 Å². The molecule has 4 nitrogen and oxygen atoms in total. The van der Waals surface area contributed by atoms with Crippen molar-refractivity contribution in [1.82, 2.24) is 4.57 Å². The number of ether oxygens (including phenoxy) is 1. The molecule has 7 heteroatoms. The molecule has 0 aliphatic rings. The zero-order valence-corrected chi connectivity index (χ0v) is 14.3. The van der Waals surface area contributed by atoms with Crippen LogP contribution in [-0.2, 0) is 10.9 Å². The Labute approximate surface area is 143 Å². The van der Waals surface area contributed by atoms with Crippen molar-refractivity contribution in [1.29, 1.82) is 0 Å². The molecule has 0 atom stereocenters. The Balaban J connectivity index is 2.54. The van der Waals surface area contributed by atoms with Gasteiger partial charge >= 0.3 is 12.1 Å². The van der Waals surface area contributed by atoms with Crippen molar-refractivity contribution < 1.29 is 27.5 Å². The van der Waals surface area contributed by atoms with E-state index in [0.29, 0.717) is 11.1 Å². The van der Waals surface area contributed by atoms with E-state index in [9.17, 15) is 22.8 Å². The van der Waals surface area contributed by atoms with E-state index in [-0.39, 0.29) is 11.5 Å². The second-order valence-corrected chi connectivity index (χ2v) is 6.61. The Kier molecular flexibility index (Phi) is 4.79. The lowest BCUT2D eigenvalue weighted by Crippen LogP contribution is -2.25. The van der Waals surface area contributed by atoms with Crippen molar-refractivity contribution in [3.05, 3.63) is 47.8 Å². The second-order valence-electron chi connectivity index (χ2n) is 6.61. The summed E-state index contributed by atoms with van der Waals surface area (Å²) in [5.74, 6) is -0.925. The number of hydrogen-bond acceptors (Lipinski definition) is 3. The number of benzene rings is 1. The first-order valence-electron chi connectivity index (χ1n) is 7.48. The summed E-state index contributed by atoms with van der Waals surface area (Å²) >= 11 is 0. The number of alkyl halides is 3. The minimum atomic E-state index is -4.45. The van der Waals surface area contributed by atoms with Gasteiger partial charge in [0.15, 0.2) is 0 Å². The highest BCUT2D eigenvalue weighted by Crippen LogP contribution is 2.33. The summed E-state index contributed by atoms with van der Waals surface area (Å²) in [5, 5.41) is 0. The Morgan fingerprint density at radius 3 is 2.00 bits per heavy atom. The molecule has 1 aromatic heterocycles. The SMILES string of the molecule is COC(=O)c1cn(C(=O)C(C)(C)C)cc1-c1ccc(C(F)(F)F)cc1. The molecule has 0 radical (unpaired) electrons. The van der Waals surface area contributed by atoms with Gasteiger partial charge in [0.25, 0.3) is 0 Å². The molecule has 0 bridgehead atoms. The molecular formula is C18H18F3NO3. The van der Waals surface area contributed by atoms with Gasteiger partial charge in [-0.25, -0.2) is 4.79 Å². The van der Waals surface area contributed by atoms with Gasteiger partial charge in [-0.1, -0.05) is 32.9 Å². The first-order chi connectivity index (χ1) is 11.4. The number of rotatable bonds is 2. The van der Waals surface area contributed by atoms with Gasteiger partial charge in [0, 0.05) is 23.4 Å². The molecule has 1 aromatic carbocycles.